The van der Waals surface area contributed by atoms with Crippen molar-refractivity contribution in [1.29, 1.82) is 0 Å². The van der Waals surface area contributed by atoms with Crippen LogP contribution in [0.25, 0.3) is 0 Å². The highest BCUT2D eigenvalue weighted by Gasteiger charge is 2.22. The van der Waals surface area contributed by atoms with Gasteiger partial charge in [0.1, 0.15) is 16.8 Å². The van der Waals surface area contributed by atoms with Gasteiger partial charge in [0.05, 0.1) is 6.20 Å². The fourth-order valence-corrected chi connectivity index (χ4v) is 1.85. The summed E-state index contributed by atoms with van der Waals surface area (Å²) in [5.41, 5.74) is -0.203. The molecule has 1 N–H and O–H groups in total. The summed E-state index contributed by atoms with van der Waals surface area (Å²) in [4.78, 5) is 0. The first-order valence-corrected chi connectivity index (χ1v) is 4.23. The van der Waals surface area contributed by atoms with E-state index in [-0.39, 0.29) is 11.0 Å². The van der Waals surface area contributed by atoms with E-state index < -0.39 is 0 Å². The van der Waals surface area contributed by atoms with Crippen molar-refractivity contribution in [2.24, 2.45) is 0 Å². The Morgan fingerprint density at radius 3 is 3.27 bits per heavy atom. The van der Waals surface area contributed by atoms with Gasteiger partial charge in [0.2, 0.25) is 0 Å². The van der Waals surface area contributed by atoms with Gasteiger partial charge in [-0.2, -0.15) is 5.10 Å². The van der Waals surface area contributed by atoms with Gasteiger partial charge in [-0.3, -0.25) is 0 Å². The number of halogens is 2. The van der Waals surface area contributed by atoms with Gasteiger partial charge in [0.15, 0.2) is 0 Å². The Hall–Kier alpha value is -0.410. The van der Waals surface area contributed by atoms with Crippen LogP contribution in [0.2, 0.25) is 0 Å². The van der Waals surface area contributed by atoms with E-state index in [4.69, 9.17) is 23.2 Å². The molecular weight excluding hydrogens is 185 g/mol. The highest BCUT2D eigenvalue weighted by atomic mass is 35.5. The van der Waals surface area contributed by atoms with Crippen molar-refractivity contribution in [3.8, 4) is 0 Å². The van der Waals surface area contributed by atoms with Gasteiger partial charge in [0, 0.05) is 12.5 Å². The molecule has 0 bridgehead atoms. The summed E-state index contributed by atoms with van der Waals surface area (Å²) in [6.07, 6.45) is 2.39. The van der Waals surface area contributed by atoms with E-state index in [0.717, 1.165) is 5.82 Å². The molecule has 0 aliphatic carbocycles. The molecule has 2 heterocycles. The molecule has 1 aromatic rings. The van der Waals surface area contributed by atoms with Crippen LogP contribution in [0, 0.1) is 0 Å². The zero-order valence-corrected chi connectivity index (χ0v) is 7.18. The van der Waals surface area contributed by atoms with Crippen LogP contribution in [0.4, 0.5) is 5.82 Å². The van der Waals surface area contributed by atoms with E-state index in [2.05, 4.69) is 10.4 Å². The second-order valence-electron chi connectivity index (χ2n) is 2.44. The largest absolute Gasteiger partial charge is 0.354 e. The molecule has 0 saturated heterocycles. The first-order valence-electron chi connectivity index (χ1n) is 3.35. The number of fused-ring (bicyclic) bond motifs is 1. The lowest BCUT2D eigenvalue weighted by Gasteiger charge is -2.24. The number of nitrogens with one attached hydrogen (secondary N) is 1. The van der Waals surface area contributed by atoms with Crippen LogP contribution in [-0.2, 0) is 0 Å². The zero-order chi connectivity index (χ0) is 7.84. The second kappa shape index (κ2) is 2.57. The molecule has 0 fully saturated rings. The molecule has 1 aliphatic heterocycles. The highest BCUT2D eigenvalue weighted by Crippen LogP contribution is 2.30. The predicted molar refractivity (Wildman–Crippen MR) is 45.0 cm³/mol. The summed E-state index contributed by atoms with van der Waals surface area (Å²) in [5, 5.41) is 7.09. The Morgan fingerprint density at radius 2 is 2.45 bits per heavy atom. The van der Waals surface area contributed by atoms with Crippen molar-refractivity contribution in [2.45, 2.75) is 17.4 Å². The summed E-state index contributed by atoms with van der Waals surface area (Å²) in [5.74, 6) is 0.885. The predicted octanol–water partition coefficient (Wildman–Crippen LogP) is 2.00. The monoisotopic (exact) mass is 191 g/mol. The highest BCUT2D eigenvalue weighted by molar-refractivity contribution is 6.24. The molecular formula is C6H7Cl2N3. The van der Waals surface area contributed by atoms with E-state index in [1.165, 1.54) is 0 Å². The minimum atomic E-state index is -0.122. The standard InChI is InChI=1S/C6H7Cl2N3/c7-4-3-5(8)11-6(10-4)1-2-9-11/h1-2,4-5,10H,3H2. The van der Waals surface area contributed by atoms with E-state index in [0.29, 0.717) is 6.42 Å². The van der Waals surface area contributed by atoms with Gasteiger partial charge in [-0.05, 0) is 0 Å². The Balaban J connectivity index is 2.36. The first kappa shape index (κ1) is 7.25. The van der Waals surface area contributed by atoms with E-state index in [1.807, 2.05) is 6.07 Å². The van der Waals surface area contributed by atoms with Crippen molar-refractivity contribution in [3.05, 3.63) is 12.3 Å². The summed E-state index contributed by atoms with van der Waals surface area (Å²) < 4.78 is 1.72. The molecule has 0 spiro atoms. The third kappa shape index (κ3) is 1.19. The van der Waals surface area contributed by atoms with Crippen LogP contribution in [0.3, 0.4) is 0 Å². The van der Waals surface area contributed by atoms with Crippen molar-refractivity contribution in [2.75, 3.05) is 5.32 Å². The van der Waals surface area contributed by atoms with Gasteiger partial charge < -0.3 is 5.32 Å². The van der Waals surface area contributed by atoms with E-state index in [9.17, 15) is 0 Å². The number of hydrogen-bond donors (Lipinski definition) is 1. The Bertz CT molecular complexity index is 260. The average Bonchev–Trinajstić information content (AvgIpc) is 2.34. The topological polar surface area (TPSA) is 29.9 Å². The lowest BCUT2D eigenvalue weighted by Crippen LogP contribution is -2.25. The van der Waals surface area contributed by atoms with Crippen LogP contribution in [0.15, 0.2) is 12.3 Å². The lowest BCUT2D eigenvalue weighted by atomic mass is 10.3. The van der Waals surface area contributed by atoms with E-state index in [1.54, 1.807) is 10.9 Å². The van der Waals surface area contributed by atoms with Crippen molar-refractivity contribution in [3.63, 3.8) is 0 Å². The maximum Gasteiger partial charge on any atom is 0.131 e. The molecule has 1 aromatic heterocycles. The molecule has 11 heavy (non-hydrogen) atoms. The molecule has 2 rings (SSSR count). The van der Waals surface area contributed by atoms with Crippen LogP contribution in [0.1, 0.15) is 11.9 Å². The third-order valence-corrected chi connectivity index (χ3v) is 2.29. The fraction of sp³-hybridized carbons (Fsp3) is 0.500. The minimum Gasteiger partial charge on any atom is -0.354 e. The van der Waals surface area contributed by atoms with Gasteiger partial charge in [-0.25, -0.2) is 4.68 Å². The van der Waals surface area contributed by atoms with Crippen molar-refractivity contribution in [1.82, 2.24) is 9.78 Å². The van der Waals surface area contributed by atoms with Crippen LogP contribution in [-0.4, -0.2) is 15.3 Å². The average molecular weight is 192 g/mol. The van der Waals surface area contributed by atoms with E-state index >= 15 is 0 Å². The molecule has 0 saturated carbocycles. The van der Waals surface area contributed by atoms with Crippen LogP contribution < -0.4 is 5.32 Å². The quantitative estimate of drug-likeness (QED) is 0.503. The summed E-state index contributed by atoms with van der Waals surface area (Å²) in [6.45, 7) is 0. The van der Waals surface area contributed by atoms with Gasteiger partial charge in [0.25, 0.3) is 0 Å². The molecule has 0 radical (unpaired) electrons. The molecule has 60 valence electrons. The Morgan fingerprint density at radius 1 is 1.64 bits per heavy atom. The SMILES string of the molecule is ClC1CC(Cl)n2nccc2N1. The fourth-order valence-electron chi connectivity index (χ4n) is 1.14. The molecule has 2 atom stereocenters. The van der Waals surface area contributed by atoms with Gasteiger partial charge >= 0.3 is 0 Å². The third-order valence-electron chi connectivity index (χ3n) is 1.64. The van der Waals surface area contributed by atoms with Gasteiger partial charge in [-0.15, -0.1) is 0 Å². The maximum absolute atomic E-state index is 5.96. The number of rotatable bonds is 0. The zero-order valence-electron chi connectivity index (χ0n) is 5.67. The molecule has 3 nitrogen and oxygen atoms in total. The van der Waals surface area contributed by atoms with Crippen molar-refractivity contribution >= 4 is 29.0 Å². The number of nitrogens with zero attached hydrogens (tertiary/aromatic N) is 2. The normalized spacial score (nSPS) is 29.3. The van der Waals surface area contributed by atoms with Crippen molar-refractivity contribution < 1.29 is 0 Å². The molecule has 2 unspecified atom stereocenters. The molecule has 5 heteroatoms. The number of anilines is 1. The summed E-state index contributed by atoms with van der Waals surface area (Å²) in [6, 6.07) is 1.85. The number of aromatic nitrogens is 2. The smallest absolute Gasteiger partial charge is 0.131 e. The van der Waals surface area contributed by atoms with Crippen LogP contribution >= 0.6 is 23.2 Å². The van der Waals surface area contributed by atoms with Crippen LogP contribution in [0.5, 0.6) is 0 Å². The molecule has 0 aromatic carbocycles. The Labute approximate surface area is 74.3 Å². The maximum atomic E-state index is 5.96. The molecule has 1 aliphatic rings. The van der Waals surface area contributed by atoms with Gasteiger partial charge in [-0.1, -0.05) is 23.2 Å². The molecule has 0 amide bonds. The number of hydrogen-bond acceptors (Lipinski definition) is 2. The first-order chi connectivity index (χ1) is 5.27. The summed E-state index contributed by atoms with van der Waals surface area (Å²) >= 11 is 11.8. The minimum absolute atomic E-state index is 0.0818. The summed E-state index contributed by atoms with van der Waals surface area (Å²) in [7, 11) is 0. The lowest BCUT2D eigenvalue weighted by molar-refractivity contribution is 0.526. The Kier molecular flexibility index (Phi) is 1.69. The number of alkyl halides is 2. The second-order valence-corrected chi connectivity index (χ2v) is 3.47.